The summed E-state index contributed by atoms with van der Waals surface area (Å²) in [6.45, 7) is 1.42. The van der Waals surface area contributed by atoms with Crippen molar-refractivity contribution in [2.75, 3.05) is 6.54 Å². The lowest BCUT2D eigenvalue weighted by Gasteiger charge is -2.30. The third kappa shape index (κ3) is 2.08. The van der Waals surface area contributed by atoms with Crippen LogP contribution in [0.5, 0.6) is 0 Å². The number of hydrogen-bond donors (Lipinski definition) is 2. The van der Waals surface area contributed by atoms with Gasteiger partial charge in [0.15, 0.2) is 0 Å². The molecule has 2 aromatic heterocycles. The Morgan fingerprint density at radius 3 is 2.92 bits per heavy atom. The van der Waals surface area contributed by atoms with Gasteiger partial charge in [0.1, 0.15) is 5.69 Å². The summed E-state index contributed by atoms with van der Waals surface area (Å²) in [6, 6.07) is 9.97. The lowest BCUT2D eigenvalue weighted by molar-refractivity contribution is 0.0728. The predicted octanol–water partition coefficient (Wildman–Crippen LogP) is 3.36. The smallest absolute Gasteiger partial charge is 0.270 e. The SMILES string of the molecule is O=C(c1cc2ccccc2[nH]1)N1CCc2[nH]nc(C3CCC3)c2C1. The van der Waals surface area contributed by atoms with Gasteiger partial charge in [-0.15, -0.1) is 0 Å². The highest BCUT2D eigenvalue weighted by molar-refractivity contribution is 5.98. The van der Waals surface area contributed by atoms with E-state index in [0.717, 1.165) is 23.9 Å². The lowest BCUT2D eigenvalue weighted by atomic mass is 9.81. The molecule has 1 amide bonds. The molecule has 1 aliphatic carbocycles. The number of nitrogens with zero attached hydrogens (tertiary/aromatic N) is 2. The van der Waals surface area contributed by atoms with Crippen LogP contribution >= 0.6 is 0 Å². The second kappa shape index (κ2) is 5.23. The first-order valence-electron chi connectivity index (χ1n) is 8.72. The Kier molecular flexibility index (Phi) is 3.01. The zero-order valence-corrected chi connectivity index (χ0v) is 13.5. The number of H-pyrrole nitrogens is 2. The van der Waals surface area contributed by atoms with Crippen LogP contribution in [0.1, 0.15) is 52.6 Å². The number of nitrogens with one attached hydrogen (secondary N) is 2. The van der Waals surface area contributed by atoms with Gasteiger partial charge < -0.3 is 9.88 Å². The molecule has 2 N–H and O–H groups in total. The van der Waals surface area contributed by atoms with E-state index in [0.29, 0.717) is 18.2 Å². The van der Waals surface area contributed by atoms with Crippen LogP contribution in [0.15, 0.2) is 30.3 Å². The minimum absolute atomic E-state index is 0.0811. The quantitative estimate of drug-likeness (QED) is 0.760. The number of aromatic amines is 2. The summed E-state index contributed by atoms with van der Waals surface area (Å²) in [5.41, 5.74) is 5.36. The molecule has 2 aliphatic rings. The number of carbonyl (C=O) groups is 1. The van der Waals surface area contributed by atoms with E-state index in [1.54, 1.807) is 0 Å². The summed E-state index contributed by atoms with van der Waals surface area (Å²) in [4.78, 5) is 18.1. The van der Waals surface area contributed by atoms with E-state index >= 15 is 0 Å². The summed E-state index contributed by atoms with van der Waals surface area (Å²) in [5, 5.41) is 8.83. The van der Waals surface area contributed by atoms with E-state index in [-0.39, 0.29) is 5.91 Å². The van der Waals surface area contributed by atoms with Crippen molar-refractivity contribution in [3.05, 3.63) is 53.0 Å². The summed E-state index contributed by atoms with van der Waals surface area (Å²) in [6.07, 6.45) is 4.62. The first-order valence-corrected chi connectivity index (χ1v) is 8.72. The monoisotopic (exact) mass is 320 g/mol. The van der Waals surface area contributed by atoms with Crippen molar-refractivity contribution < 1.29 is 4.79 Å². The minimum Gasteiger partial charge on any atom is -0.351 e. The summed E-state index contributed by atoms with van der Waals surface area (Å²) < 4.78 is 0. The van der Waals surface area contributed by atoms with Crippen LogP contribution in [-0.4, -0.2) is 32.5 Å². The molecule has 1 fully saturated rings. The molecule has 3 heterocycles. The molecule has 122 valence electrons. The van der Waals surface area contributed by atoms with Crippen molar-refractivity contribution in [3.63, 3.8) is 0 Å². The summed E-state index contributed by atoms with van der Waals surface area (Å²) >= 11 is 0. The molecule has 3 aromatic rings. The number of amides is 1. The molecule has 0 spiro atoms. The highest BCUT2D eigenvalue weighted by Crippen LogP contribution is 2.39. The predicted molar refractivity (Wildman–Crippen MR) is 91.9 cm³/mol. The molecule has 5 nitrogen and oxygen atoms in total. The lowest BCUT2D eigenvalue weighted by Crippen LogP contribution is -2.36. The van der Waals surface area contributed by atoms with Gasteiger partial charge >= 0.3 is 0 Å². The van der Waals surface area contributed by atoms with Crippen molar-refractivity contribution in [1.29, 1.82) is 0 Å². The van der Waals surface area contributed by atoms with E-state index in [4.69, 9.17) is 0 Å². The van der Waals surface area contributed by atoms with Crippen LogP contribution in [-0.2, 0) is 13.0 Å². The second-order valence-electron chi connectivity index (χ2n) is 6.94. The van der Waals surface area contributed by atoms with Gasteiger partial charge in [-0.25, -0.2) is 0 Å². The number of carbonyl (C=O) groups excluding carboxylic acids is 1. The van der Waals surface area contributed by atoms with Crippen molar-refractivity contribution >= 4 is 16.8 Å². The molecule has 0 atom stereocenters. The maximum absolute atomic E-state index is 12.9. The first-order chi connectivity index (χ1) is 11.8. The Hall–Kier alpha value is -2.56. The Morgan fingerprint density at radius 2 is 2.12 bits per heavy atom. The van der Waals surface area contributed by atoms with Crippen LogP contribution in [0.3, 0.4) is 0 Å². The molecule has 0 radical (unpaired) electrons. The van der Waals surface area contributed by atoms with Gasteiger partial charge in [-0.2, -0.15) is 5.10 Å². The van der Waals surface area contributed by atoms with Gasteiger partial charge in [-0.3, -0.25) is 9.89 Å². The Bertz CT molecular complexity index is 885. The Balaban J connectivity index is 1.43. The molecule has 1 aromatic carbocycles. The first kappa shape index (κ1) is 13.8. The van der Waals surface area contributed by atoms with Crippen LogP contribution in [0, 0.1) is 0 Å². The highest BCUT2D eigenvalue weighted by atomic mass is 16.2. The topological polar surface area (TPSA) is 64.8 Å². The van der Waals surface area contributed by atoms with Gasteiger partial charge in [0.2, 0.25) is 0 Å². The van der Waals surface area contributed by atoms with E-state index in [9.17, 15) is 4.79 Å². The van der Waals surface area contributed by atoms with Crippen LogP contribution < -0.4 is 0 Å². The molecule has 1 aliphatic heterocycles. The molecule has 5 rings (SSSR count). The fourth-order valence-corrected chi connectivity index (χ4v) is 3.87. The fraction of sp³-hybridized carbons (Fsp3) is 0.368. The zero-order chi connectivity index (χ0) is 16.1. The van der Waals surface area contributed by atoms with Gasteiger partial charge in [0.05, 0.1) is 5.69 Å². The van der Waals surface area contributed by atoms with E-state index in [2.05, 4.69) is 15.2 Å². The molecule has 5 heteroatoms. The van der Waals surface area contributed by atoms with Gasteiger partial charge in [0, 0.05) is 47.6 Å². The number of rotatable bonds is 2. The molecule has 0 unspecified atom stereocenters. The minimum atomic E-state index is 0.0811. The number of fused-ring (bicyclic) bond motifs is 2. The number of aromatic nitrogens is 3. The summed E-state index contributed by atoms with van der Waals surface area (Å²) in [5.74, 6) is 0.672. The Labute approximate surface area is 140 Å². The van der Waals surface area contributed by atoms with Gasteiger partial charge in [-0.1, -0.05) is 24.6 Å². The standard InChI is InChI=1S/C19H20N4O/c24-19(17-10-13-4-1-2-7-15(13)20-17)23-9-8-16-14(11-23)18(22-21-16)12-5-3-6-12/h1-2,4,7,10,12,20H,3,5-6,8-9,11H2,(H,21,22). The molecule has 0 saturated heterocycles. The highest BCUT2D eigenvalue weighted by Gasteiger charge is 2.31. The molecule has 0 bridgehead atoms. The van der Waals surface area contributed by atoms with Crippen molar-refractivity contribution in [3.8, 4) is 0 Å². The number of benzene rings is 1. The number of para-hydroxylation sites is 1. The molecule has 24 heavy (non-hydrogen) atoms. The van der Waals surface area contributed by atoms with E-state index < -0.39 is 0 Å². The maximum atomic E-state index is 12.9. The van der Waals surface area contributed by atoms with E-state index in [1.165, 1.54) is 36.2 Å². The third-order valence-electron chi connectivity index (χ3n) is 5.50. The van der Waals surface area contributed by atoms with Crippen LogP contribution in [0.4, 0.5) is 0 Å². The van der Waals surface area contributed by atoms with Crippen molar-refractivity contribution in [2.24, 2.45) is 0 Å². The number of hydrogen-bond acceptors (Lipinski definition) is 2. The van der Waals surface area contributed by atoms with E-state index in [1.807, 2.05) is 35.2 Å². The average Bonchev–Trinajstić information content (AvgIpc) is 3.16. The average molecular weight is 320 g/mol. The second-order valence-corrected chi connectivity index (χ2v) is 6.94. The normalized spacial score (nSPS) is 17.8. The van der Waals surface area contributed by atoms with Crippen LogP contribution in [0.2, 0.25) is 0 Å². The Morgan fingerprint density at radius 1 is 1.25 bits per heavy atom. The fourth-order valence-electron chi connectivity index (χ4n) is 3.87. The third-order valence-corrected chi connectivity index (χ3v) is 5.50. The van der Waals surface area contributed by atoms with Gasteiger partial charge in [0.25, 0.3) is 5.91 Å². The maximum Gasteiger partial charge on any atom is 0.270 e. The zero-order valence-electron chi connectivity index (χ0n) is 13.5. The molecule has 1 saturated carbocycles. The molecular formula is C19H20N4O. The largest absolute Gasteiger partial charge is 0.351 e. The summed E-state index contributed by atoms with van der Waals surface area (Å²) in [7, 11) is 0. The van der Waals surface area contributed by atoms with Crippen molar-refractivity contribution in [2.45, 2.75) is 38.1 Å². The molecular weight excluding hydrogens is 300 g/mol. The van der Waals surface area contributed by atoms with Crippen molar-refractivity contribution in [1.82, 2.24) is 20.1 Å². The van der Waals surface area contributed by atoms with Gasteiger partial charge in [-0.05, 0) is 25.0 Å². The van der Waals surface area contributed by atoms with Crippen LogP contribution in [0.25, 0.3) is 10.9 Å².